The Bertz CT molecular complexity index is 836. The molecule has 134 valence electrons. The van der Waals surface area contributed by atoms with Gasteiger partial charge in [-0.25, -0.2) is 0 Å². The maximum atomic E-state index is 12.3. The van der Waals surface area contributed by atoms with Crippen LogP contribution in [0.25, 0.3) is 0 Å². The average Bonchev–Trinajstić information content (AvgIpc) is 2.74. The van der Waals surface area contributed by atoms with Crippen LogP contribution in [0.4, 0.5) is 5.69 Å². The normalized spacial score (nSPS) is 16.1. The van der Waals surface area contributed by atoms with Crippen molar-refractivity contribution in [1.82, 2.24) is 10.6 Å². The van der Waals surface area contributed by atoms with Crippen LogP contribution in [0.3, 0.4) is 0 Å². The minimum absolute atomic E-state index is 0.119. The predicted octanol–water partition coefficient (Wildman–Crippen LogP) is 2.14. The molecule has 0 radical (unpaired) electrons. The molecule has 2 aromatic carbocycles. The zero-order valence-electron chi connectivity index (χ0n) is 13.9. The second-order valence-electron chi connectivity index (χ2n) is 5.99. The largest absolute Gasteiger partial charge is 0.356 e. The van der Waals surface area contributed by atoms with E-state index in [-0.39, 0.29) is 18.2 Å². The topological polar surface area (TPSA) is 87.3 Å². The van der Waals surface area contributed by atoms with Crippen molar-refractivity contribution in [1.29, 1.82) is 0 Å². The van der Waals surface area contributed by atoms with Gasteiger partial charge in [-0.2, -0.15) is 0 Å². The number of hydrogen-bond acceptors (Lipinski definition) is 3. The highest BCUT2D eigenvalue weighted by Gasteiger charge is 2.29. The third-order valence-corrected chi connectivity index (χ3v) is 4.34. The molecule has 1 atom stereocenters. The van der Waals surface area contributed by atoms with Gasteiger partial charge in [-0.1, -0.05) is 35.9 Å². The lowest BCUT2D eigenvalue weighted by Crippen LogP contribution is -2.44. The molecule has 0 saturated heterocycles. The smallest absolute Gasteiger partial charge is 0.254 e. The van der Waals surface area contributed by atoms with E-state index in [4.69, 9.17) is 11.6 Å². The maximum absolute atomic E-state index is 12.3. The number of halogens is 1. The Morgan fingerprint density at radius 3 is 2.58 bits per heavy atom. The standard InChI is InChI=1S/C19H18ClN3O3/c20-13-7-5-12(6-8-13)9-10-21-17(24)11-16-19(26)22-15-4-2-1-3-14(15)18(25)23-16/h1-8,16H,9-11H2,(H,21,24)(H,22,26)(H,23,25)/t16-/m0/s1. The van der Waals surface area contributed by atoms with Crippen molar-refractivity contribution in [2.45, 2.75) is 18.9 Å². The fourth-order valence-electron chi connectivity index (χ4n) is 2.71. The third kappa shape index (κ3) is 4.40. The van der Waals surface area contributed by atoms with Crippen LogP contribution >= 0.6 is 11.6 Å². The number of benzene rings is 2. The van der Waals surface area contributed by atoms with Crippen molar-refractivity contribution in [3.63, 3.8) is 0 Å². The van der Waals surface area contributed by atoms with E-state index in [1.54, 1.807) is 36.4 Å². The van der Waals surface area contributed by atoms with E-state index in [0.29, 0.717) is 29.2 Å². The van der Waals surface area contributed by atoms with Crippen LogP contribution in [0.1, 0.15) is 22.3 Å². The van der Waals surface area contributed by atoms with E-state index in [0.717, 1.165) is 5.56 Å². The van der Waals surface area contributed by atoms with Crippen LogP contribution in [-0.2, 0) is 16.0 Å². The number of carbonyl (C=O) groups excluding carboxylic acids is 3. The zero-order chi connectivity index (χ0) is 18.5. The van der Waals surface area contributed by atoms with Gasteiger partial charge in [-0.3, -0.25) is 14.4 Å². The minimum atomic E-state index is -0.912. The number of amides is 3. The van der Waals surface area contributed by atoms with E-state index < -0.39 is 11.9 Å². The molecule has 0 aliphatic carbocycles. The van der Waals surface area contributed by atoms with Crippen molar-refractivity contribution < 1.29 is 14.4 Å². The van der Waals surface area contributed by atoms with Crippen molar-refractivity contribution >= 4 is 35.0 Å². The number of rotatable bonds is 5. The summed E-state index contributed by atoms with van der Waals surface area (Å²) >= 11 is 5.83. The van der Waals surface area contributed by atoms with Gasteiger partial charge in [-0.05, 0) is 36.2 Å². The van der Waals surface area contributed by atoms with Gasteiger partial charge >= 0.3 is 0 Å². The molecule has 1 heterocycles. The molecule has 0 unspecified atom stereocenters. The Hall–Kier alpha value is -2.86. The highest BCUT2D eigenvalue weighted by Crippen LogP contribution is 2.18. The molecular formula is C19H18ClN3O3. The first-order valence-corrected chi connectivity index (χ1v) is 8.62. The molecule has 0 saturated carbocycles. The van der Waals surface area contributed by atoms with E-state index in [2.05, 4.69) is 16.0 Å². The summed E-state index contributed by atoms with van der Waals surface area (Å²) in [4.78, 5) is 36.6. The molecule has 26 heavy (non-hydrogen) atoms. The molecule has 2 aromatic rings. The van der Waals surface area contributed by atoms with Gasteiger partial charge < -0.3 is 16.0 Å². The van der Waals surface area contributed by atoms with Crippen molar-refractivity contribution in [3.8, 4) is 0 Å². The van der Waals surface area contributed by atoms with Crippen LogP contribution < -0.4 is 16.0 Å². The maximum Gasteiger partial charge on any atom is 0.254 e. The molecule has 0 aromatic heterocycles. The quantitative estimate of drug-likeness (QED) is 0.752. The second kappa shape index (κ2) is 8.01. The molecule has 3 amide bonds. The number of anilines is 1. The minimum Gasteiger partial charge on any atom is -0.356 e. The Balaban J connectivity index is 1.53. The van der Waals surface area contributed by atoms with Gasteiger partial charge in [0.1, 0.15) is 6.04 Å². The third-order valence-electron chi connectivity index (χ3n) is 4.09. The fourth-order valence-corrected chi connectivity index (χ4v) is 2.84. The summed E-state index contributed by atoms with van der Waals surface area (Å²) in [6, 6.07) is 13.2. The summed E-state index contributed by atoms with van der Waals surface area (Å²) in [6.07, 6.45) is 0.532. The highest BCUT2D eigenvalue weighted by atomic mass is 35.5. The summed E-state index contributed by atoms with van der Waals surface area (Å²) in [5.74, 6) is -1.08. The van der Waals surface area contributed by atoms with E-state index in [1.165, 1.54) is 0 Å². The molecule has 0 spiro atoms. The van der Waals surface area contributed by atoms with Gasteiger partial charge in [0.05, 0.1) is 17.7 Å². The van der Waals surface area contributed by atoms with Crippen molar-refractivity contribution in [2.75, 3.05) is 11.9 Å². The lowest BCUT2D eigenvalue weighted by Gasteiger charge is -2.14. The molecular weight excluding hydrogens is 354 g/mol. The Kier molecular flexibility index (Phi) is 5.53. The molecule has 0 fully saturated rings. The summed E-state index contributed by atoms with van der Waals surface area (Å²) in [5.41, 5.74) is 1.87. The highest BCUT2D eigenvalue weighted by molar-refractivity contribution is 6.30. The summed E-state index contributed by atoms with van der Waals surface area (Å²) in [7, 11) is 0. The molecule has 0 bridgehead atoms. The van der Waals surface area contributed by atoms with Crippen molar-refractivity contribution in [2.24, 2.45) is 0 Å². The zero-order valence-corrected chi connectivity index (χ0v) is 14.7. The van der Waals surface area contributed by atoms with Crippen LogP contribution in [-0.4, -0.2) is 30.3 Å². The molecule has 3 rings (SSSR count). The summed E-state index contributed by atoms with van der Waals surface area (Å²) in [5, 5.41) is 8.71. The SMILES string of the molecule is O=C(C[C@@H]1NC(=O)c2ccccc2NC1=O)NCCc1ccc(Cl)cc1. The summed E-state index contributed by atoms with van der Waals surface area (Å²) in [6.45, 7) is 0.434. The number of fused-ring (bicyclic) bond motifs is 1. The average molecular weight is 372 g/mol. The second-order valence-corrected chi connectivity index (χ2v) is 6.43. The van der Waals surface area contributed by atoms with Gasteiger partial charge in [0.15, 0.2) is 0 Å². The first kappa shape index (κ1) is 17.9. The van der Waals surface area contributed by atoms with Crippen LogP contribution in [0.15, 0.2) is 48.5 Å². The van der Waals surface area contributed by atoms with Gasteiger partial charge in [0, 0.05) is 11.6 Å². The number of nitrogens with one attached hydrogen (secondary N) is 3. The number of carbonyl (C=O) groups is 3. The van der Waals surface area contributed by atoms with Gasteiger partial charge in [0.25, 0.3) is 5.91 Å². The first-order chi connectivity index (χ1) is 12.5. The van der Waals surface area contributed by atoms with Gasteiger partial charge in [0.2, 0.25) is 11.8 Å². The van der Waals surface area contributed by atoms with E-state index in [1.807, 2.05) is 12.1 Å². The Labute approximate surface area is 155 Å². The van der Waals surface area contributed by atoms with Crippen molar-refractivity contribution in [3.05, 3.63) is 64.7 Å². The first-order valence-electron chi connectivity index (χ1n) is 8.25. The van der Waals surface area contributed by atoms with Crippen LogP contribution in [0, 0.1) is 0 Å². The van der Waals surface area contributed by atoms with E-state index in [9.17, 15) is 14.4 Å². The Morgan fingerprint density at radius 2 is 1.81 bits per heavy atom. The number of hydrogen-bond donors (Lipinski definition) is 3. The lowest BCUT2D eigenvalue weighted by molar-refractivity contribution is -0.125. The van der Waals surface area contributed by atoms with Crippen LogP contribution in [0.5, 0.6) is 0 Å². The summed E-state index contributed by atoms with van der Waals surface area (Å²) < 4.78 is 0. The molecule has 1 aliphatic rings. The predicted molar refractivity (Wildman–Crippen MR) is 99.1 cm³/mol. The van der Waals surface area contributed by atoms with Gasteiger partial charge in [-0.15, -0.1) is 0 Å². The van der Waals surface area contributed by atoms with Crippen LogP contribution in [0.2, 0.25) is 5.02 Å². The monoisotopic (exact) mass is 371 g/mol. The molecule has 6 nitrogen and oxygen atoms in total. The number of para-hydroxylation sites is 1. The molecule has 1 aliphatic heterocycles. The fraction of sp³-hybridized carbons (Fsp3) is 0.211. The lowest BCUT2D eigenvalue weighted by atomic mass is 10.1. The van der Waals surface area contributed by atoms with E-state index >= 15 is 0 Å². The Morgan fingerprint density at radius 1 is 1.08 bits per heavy atom. The molecule has 7 heteroatoms. The molecule has 3 N–H and O–H groups in total.